The van der Waals surface area contributed by atoms with Crippen molar-refractivity contribution in [3.05, 3.63) is 23.7 Å². The van der Waals surface area contributed by atoms with Crippen LogP contribution in [0, 0.1) is 27.7 Å². The number of aryl methyl sites for hydroxylation is 1. The van der Waals surface area contributed by atoms with Crippen LogP contribution in [0.2, 0.25) is 0 Å². The normalized spacial score (nSPS) is 10.3. The lowest BCUT2D eigenvalue weighted by molar-refractivity contribution is 0.307. The number of aromatic hydroxyl groups is 1. The van der Waals surface area contributed by atoms with Gasteiger partial charge in [0, 0.05) is 11.1 Å². The SMILES string of the molecule is [CH2]CCOc1nc(C)c(O)c(C)c1C. The molecule has 0 aromatic carbocycles. The molecule has 1 aromatic rings. The number of hydrogen-bond acceptors (Lipinski definition) is 3. The number of rotatable bonds is 3. The van der Waals surface area contributed by atoms with Gasteiger partial charge >= 0.3 is 0 Å². The van der Waals surface area contributed by atoms with Crippen molar-refractivity contribution in [1.29, 1.82) is 0 Å². The van der Waals surface area contributed by atoms with E-state index in [0.717, 1.165) is 11.1 Å². The molecule has 0 bridgehead atoms. The van der Waals surface area contributed by atoms with Crippen LogP contribution in [0.25, 0.3) is 0 Å². The predicted octanol–water partition coefficient (Wildman–Crippen LogP) is 2.32. The van der Waals surface area contributed by atoms with Gasteiger partial charge in [0.25, 0.3) is 0 Å². The monoisotopic (exact) mass is 194 g/mol. The molecule has 0 spiro atoms. The highest BCUT2D eigenvalue weighted by Crippen LogP contribution is 2.28. The van der Waals surface area contributed by atoms with E-state index in [0.29, 0.717) is 24.6 Å². The van der Waals surface area contributed by atoms with E-state index >= 15 is 0 Å². The zero-order chi connectivity index (χ0) is 10.7. The molecule has 0 unspecified atom stereocenters. The number of aromatic nitrogens is 1. The van der Waals surface area contributed by atoms with Crippen LogP contribution in [0.15, 0.2) is 0 Å². The predicted molar refractivity (Wildman–Crippen MR) is 55.6 cm³/mol. The molecule has 77 valence electrons. The molecular weight excluding hydrogens is 178 g/mol. The summed E-state index contributed by atoms with van der Waals surface area (Å²) in [5.74, 6) is 0.853. The molecule has 0 aliphatic carbocycles. The van der Waals surface area contributed by atoms with Crippen LogP contribution in [-0.2, 0) is 0 Å². The lowest BCUT2D eigenvalue weighted by Crippen LogP contribution is -2.02. The number of nitrogens with zero attached hydrogens (tertiary/aromatic N) is 1. The lowest BCUT2D eigenvalue weighted by atomic mass is 10.1. The Labute approximate surface area is 84.7 Å². The summed E-state index contributed by atoms with van der Waals surface area (Å²) in [6.07, 6.45) is 0.708. The zero-order valence-electron chi connectivity index (χ0n) is 8.92. The molecule has 1 radical (unpaired) electrons. The minimum absolute atomic E-state index is 0.254. The van der Waals surface area contributed by atoms with E-state index in [-0.39, 0.29) is 5.75 Å². The quantitative estimate of drug-likeness (QED) is 0.802. The van der Waals surface area contributed by atoms with Crippen LogP contribution in [0.4, 0.5) is 0 Å². The second-order valence-corrected chi connectivity index (χ2v) is 3.30. The van der Waals surface area contributed by atoms with Crippen LogP contribution < -0.4 is 4.74 Å². The van der Waals surface area contributed by atoms with Crippen LogP contribution in [0.3, 0.4) is 0 Å². The summed E-state index contributed by atoms with van der Waals surface area (Å²) in [6.45, 7) is 9.75. The maximum atomic E-state index is 9.61. The van der Waals surface area contributed by atoms with E-state index < -0.39 is 0 Å². The summed E-state index contributed by atoms with van der Waals surface area (Å²) >= 11 is 0. The summed E-state index contributed by atoms with van der Waals surface area (Å²) in [6, 6.07) is 0. The first-order valence-electron chi connectivity index (χ1n) is 4.66. The third-order valence-electron chi connectivity index (χ3n) is 2.23. The molecule has 1 heterocycles. The molecule has 0 fully saturated rings. The molecule has 0 atom stereocenters. The molecule has 14 heavy (non-hydrogen) atoms. The Morgan fingerprint density at radius 2 is 1.93 bits per heavy atom. The molecule has 3 heteroatoms. The van der Waals surface area contributed by atoms with Crippen LogP contribution >= 0.6 is 0 Å². The standard InChI is InChI=1S/C11H16NO2/c1-5-6-14-11-8(3)7(2)10(13)9(4)12-11/h13H,1,5-6H2,2-4H3. The highest BCUT2D eigenvalue weighted by Gasteiger charge is 2.11. The lowest BCUT2D eigenvalue weighted by Gasteiger charge is -2.12. The first kappa shape index (κ1) is 10.8. The minimum atomic E-state index is 0.254. The fraction of sp³-hybridized carbons (Fsp3) is 0.455. The van der Waals surface area contributed by atoms with Crippen molar-refractivity contribution in [2.45, 2.75) is 27.2 Å². The molecular formula is C11H16NO2. The maximum absolute atomic E-state index is 9.61. The van der Waals surface area contributed by atoms with Gasteiger partial charge in [-0.2, -0.15) is 0 Å². The average molecular weight is 194 g/mol. The van der Waals surface area contributed by atoms with Gasteiger partial charge in [-0.1, -0.05) is 0 Å². The van der Waals surface area contributed by atoms with E-state index in [9.17, 15) is 5.11 Å². The fourth-order valence-corrected chi connectivity index (χ4v) is 1.21. The Bertz CT molecular complexity index is 335. The topological polar surface area (TPSA) is 42.4 Å². The van der Waals surface area contributed by atoms with Gasteiger partial charge in [-0.25, -0.2) is 4.98 Å². The molecule has 0 amide bonds. The van der Waals surface area contributed by atoms with Crippen molar-refractivity contribution in [2.24, 2.45) is 0 Å². The number of pyridine rings is 1. The van der Waals surface area contributed by atoms with Gasteiger partial charge in [0.05, 0.1) is 12.3 Å². The van der Waals surface area contributed by atoms with Gasteiger partial charge in [0.2, 0.25) is 5.88 Å². The highest BCUT2D eigenvalue weighted by molar-refractivity contribution is 5.45. The average Bonchev–Trinajstić information content (AvgIpc) is 2.18. The molecule has 0 aliphatic rings. The maximum Gasteiger partial charge on any atom is 0.216 e. The second kappa shape index (κ2) is 4.31. The van der Waals surface area contributed by atoms with Crippen LogP contribution in [0.1, 0.15) is 23.2 Å². The van der Waals surface area contributed by atoms with Gasteiger partial charge in [-0.3, -0.25) is 0 Å². The third-order valence-corrected chi connectivity index (χ3v) is 2.23. The van der Waals surface area contributed by atoms with Gasteiger partial charge in [0.1, 0.15) is 5.75 Å². The Kier molecular flexibility index (Phi) is 3.33. The largest absolute Gasteiger partial charge is 0.506 e. The van der Waals surface area contributed by atoms with Crippen molar-refractivity contribution in [3.63, 3.8) is 0 Å². The Morgan fingerprint density at radius 3 is 2.50 bits per heavy atom. The summed E-state index contributed by atoms with van der Waals surface area (Å²) in [4.78, 5) is 4.17. The van der Waals surface area contributed by atoms with Gasteiger partial charge in [-0.15, -0.1) is 0 Å². The molecule has 1 aromatic heterocycles. The summed E-state index contributed by atoms with van der Waals surface area (Å²) < 4.78 is 5.42. The summed E-state index contributed by atoms with van der Waals surface area (Å²) in [7, 11) is 0. The molecule has 0 saturated carbocycles. The molecule has 0 saturated heterocycles. The van der Waals surface area contributed by atoms with Crippen molar-refractivity contribution >= 4 is 0 Å². The minimum Gasteiger partial charge on any atom is -0.506 e. The summed E-state index contributed by atoms with van der Waals surface area (Å²) in [5, 5.41) is 9.61. The van der Waals surface area contributed by atoms with Gasteiger partial charge in [0.15, 0.2) is 0 Å². The van der Waals surface area contributed by atoms with E-state index in [1.807, 2.05) is 13.8 Å². The van der Waals surface area contributed by atoms with E-state index in [2.05, 4.69) is 11.9 Å². The molecule has 0 aliphatic heterocycles. The number of ether oxygens (including phenoxy) is 1. The van der Waals surface area contributed by atoms with Crippen molar-refractivity contribution in [2.75, 3.05) is 6.61 Å². The Hall–Kier alpha value is -1.25. The van der Waals surface area contributed by atoms with Crippen molar-refractivity contribution < 1.29 is 9.84 Å². The highest BCUT2D eigenvalue weighted by atomic mass is 16.5. The third kappa shape index (κ3) is 1.97. The first-order valence-corrected chi connectivity index (χ1v) is 4.66. The zero-order valence-corrected chi connectivity index (χ0v) is 8.92. The Balaban J connectivity index is 3.06. The number of hydrogen-bond donors (Lipinski definition) is 1. The fourth-order valence-electron chi connectivity index (χ4n) is 1.21. The molecule has 1 N–H and O–H groups in total. The molecule has 1 rings (SSSR count). The smallest absolute Gasteiger partial charge is 0.216 e. The second-order valence-electron chi connectivity index (χ2n) is 3.30. The van der Waals surface area contributed by atoms with Gasteiger partial charge < -0.3 is 9.84 Å². The van der Waals surface area contributed by atoms with E-state index in [4.69, 9.17) is 4.74 Å². The van der Waals surface area contributed by atoms with Crippen molar-refractivity contribution in [1.82, 2.24) is 4.98 Å². The van der Waals surface area contributed by atoms with Gasteiger partial charge in [-0.05, 0) is 34.1 Å². The first-order chi connectivity index (χ1) is 6.57. The van der Waals surface area contributed by atoms with E-state index in [1.54, 1.807) is 6.92 Å². The summed E-state index contributed by atoms with van der Waals surface area (Å²) in [5.41, 5.74) is 2.32. The van der Waals surface area contributed by atoms with Crippen LogP contribution in [0.5, 0.6) is 11.6 Å². The van der Waals surface area contributed by atoms with Crippen molar-refractivity contribution in [3.8, 4) is 11.6 Å². The molecule has 3 nitrogen and oxygen atoms in total. The Morgan fingerprint density at radius 1 is 1.29 bits per heavy atom. The van der Waals surface area contributed by atoms with Crippen LogP contribution in [-0.4, -0.2) is 16.7 Å². The van der Waals surface area contributed by atoms with E-state index in [1.165, 1.54) is 0 Å².